The number of hydrogen-bond donors (Lipinski definition) is 0. The molecule has 1 aromatic heterocycles. The lowest BCUT2D eigenvalue weighted by Gasteiger charge is -2.32. The molecule has 1 unspecified atom stereocenters. The smallest absolute Gasteiger partial charge is 0.143 e. The van der Waals surface area contributed by atoms with E-state index in [1.807, 2.05) is 0 Å². The van der Waals surface area contributed by atoms with Crippen molar-refractivity contribution < 1.29 is 4.74 Å². The van der Waals surface area contributed by atoms with Gasteiger partial charge in [-0.25, -0.2) is 4.98 Å². The van der Waals surface area contributed by atoms with Gasteiger partial charge in [-0.1, -0.05) is 78.9 Å². The molecule has 1 fully saturated rings. The van der Waals surface area contributed by atoms with Crippen LogP contribution in [0.1, 0.15) is 35.9 Å². The van der Waals surface area contributed by atoms with E-state index in [-0.39, 0.29) is 12.2 Å². The summed E-state index contributed by atoms with van der Waals surface area (Å²) in [5.41, 5.74) is 7.41. The third-order valence-electron chi connectivity index (χ3n) is 7.29. The van der Waals surface area contributed by atoms with Crippen LogP contribution in [0.3, 0.4) is 0 Å². The average Bonchev–Trinajstić information content (AvgIpc) is 3.26. The molecule has 6 rings (SSSR count). The van der Waals surface area contributed by atoms with E-state index in [0.717, 1.165) is 56.0 Å². The number of aromatic nitrogens is 2. The predicted molar refractivity (Wildman–Crippen MR) is 137 cm³/mol. The van der Waals surface area contributed by atoms with Crippen molar-refractivity contribution >= 4 is 0 Å². The number of hydrogen-bond acceptors (Lipinski definition) is 3. The topological polar surface area (TPSA) is 30.3 Å². The second-order valence-electron chi connectivity index (χ2n) is 9.55. The SMILES string of the molecule is CN1CCC(OC2c3cccc(-c4ccccc4)c3CCn3cc(-c4ccccc4)nc32)CC1. The quantitative estimate of drug-likeness (QED) is 0.384. The number of benzene rings is 3. The second kappa shape index (κ2) is 9.21. The monoisotopic (exact) mass is 449 g/mol. The number of aryl methyl sites for hydroxylation is 1. The van der Waals surface area contributed by atoms with E-state index in [2.05, 4.69) is 102 Å². The van der Waals surface area contributed by atoms with Gasteiger partial charge < -0.3 is 14.2 Å². The number of nitrogens with zero attached hydrogens (tertiary/aromatic N) is 3. The van der Waals surface area contributed by atoms with Gasteiger partial charge in [0.25, 0.3) is 0 Å². The van der Waals surface area contributed by atoms with Crippen LogP contribution in [0, 0.1) is 0 Å². The molecule has 0 amide bonds. The van der Waals surface area contributed by atoms with Crippen LogP contribution in [0.2, 0.25) is 0 Å². The molecule has 2 aliphatic heterocycles. The molecule has 4 nitrogen and oxygen atoms in total. The summed E-state index contributed by atoms with van der Waals surface area (Å²) in [7, 11) is 2.20. The summed E-state index contributed by atoms with van der Waals surface area (Å²) in [5, 5.41) is 0. The molecule has 0 bridgehead atoms. The molecular weight excluding hydrogens is 418 g/mol. The van der Waals surface area contributed by atoms with E-state index >= 15 is 0 Å². The Bertz CT molecular complexity index is 1260. The molecule has 0 radical (unpaired) electrons. The Morgan fingerprint density at radius 2 is 1.50 bits per heavy atom. The number of piperidine rings is 1. The zero-order valence-electron chi connectivity index (χ0n) is 19.7. The first-order valence-corrected chi connectivity index (χ1v) is 12.4. The summed E-state index contributed by atoms with van der Waals surface area (Å²) < 4.78 is 9.27. The number of imidazole rings is 1. The molecule has 172 valence electrons. The van der Waals surface area contributed by atoms with Gasteiger partial charge in [-0.15, -0.1) is 0 Å². The minimum Gasteiger partial charge on any atom is -0.362 e. The summed E-state index contributed by atoms with van der Waals surface area (Å²) in [5.74, 6) is 1.03. The minimum atomic E-state index is -0.160. The largest absolute Gasteiger partial charge is 0.362 e. The fraction of sp³-hybridized carbons (Fsp3) is 0.300. The van der Waals surface area contributed by atoms with Gasteiger partial charge in [0.2, 0.25) is 0 Å². The Balaban J connectivity index is 1.45. The van der Waals surface area contributed by atoms with Crippen molar-refractivity contribution in [1.82, 2.24) is 14.5 Å². The van der Waals surface area contributed by atoms with Crippen molar-refractivity contribution in [2.75, 3.05) is 20.1 Å². The molecule has 2 aliphatic rings. The summed E-state index contributed by atoms with van der Waals surface area (Å²) in [4.78, 5) is 7.56. The molecule has 34 heavy (non-hydrogen) atoms. The van der Waals surface area contributed by atoms with E-state index in [4.69, 9.17) is 9.72 Å². The molecule has 1 saturated heterocycles. The fourth-order valence-corrected chi connectivity index (χ4v) is 5.40. The van der Waals surface area contributed by atoms with Crippen LogP contribution in [0.15, 0.2) is 85.1 Å². The Kier molecular flexibility index (Phi) is 5.78. The van der Waals surface area contributed by atoms with Crippen molar-refractivity contribution in [2.24, 2.45) is 0 Å². The maximum absolute atomic E-state index is 6.94. The minimum absolute atomic E-state index is 0.160. The lowest BCUT2D eigenvalue weighted by atomic mass is 9.91. The molecular formula is C30H31N3O. The van der Waals surface area contributed by atoms with Crippen LogP contribution in [0.5, 0.6) is 0 Å². The van der Waals surface area contributed by atoms with Crippen LogP contribution in [0.4, 0.5) is 0 Å². The van der Waals surface area contributed by atoms with Gasteiger partial charge in [-0.2, -0.15) is 0 Å². The number of rotatable bonds is 4. The first-order chi connectivity index (χ1) is 16.8. The first-order valence-electron chi connectivity index (χ1n) is 12.4. The Morgan fingerprint density at radius 3 is 2.24 bits per heavy atom. The van der Waals surface area contributed by atoms with Gasteiger partial charge >= 0.3 is 0 Å². The van der Waals surface area contributed by atoms with E-state index in [1.165, 1.54) is 22.3 Å². The Morgan fingerprint density at radius 1 is 0.794 bits per heavy atom. The molecule has 1 atom stereocenters. The summed E-state index contributed by atoms with van der Waals surface area (Å²) in [6, 6.07) is 27.9. The summed E-state index contributed by atoms with van der Waals surface area (Å²) >= 11 is 0. The molecule has 4 aromatic rings. The van der Waals surface area contributed by atoms with Crippen LogP contribution in [0.25, 0.3) is 22.4 Å². The zero-order valence-corrected chi connectivity index (χ0v) is 19.7. The molecule has 0 aliphatic carbocycles. The van der Waals surface area contributed by atoms with E-state index in [0.29, 0.717) is 0 Å². The van der Waals surface area contributed by atoms with Gasteiger partial charge in [0, 0.05) is 31.4 Å². The predicted octanol–water partition coefficient (Wildman–Crippen LogP) is 5.97. The number of likely N-dealkylation sites (tertiary alicyclic amines) is 1. The van der Waals surface area contributed by atoms with Crippen LogP contribution in [-0.4, -0.2) is 40.7 Å². The van der Waals surface area contributed by atoms with Crippen LogP contribution >= 0.6 is 0 Å². The third-order valence-corrected chi connectivity index (χ3v) is 7.29. The highest BCUT2D eigenvalue weighted by molar-refractivity contribution is 5.69. The standard InChI is InChI=1S/C30H31N3O/c1-32-18-15-24(16-19-32)34-29-27-14-8-13-25(22-9-4-2-5-10-22)26(27)17-20-33-21-28(31-30(29)33)23-11-6-3-7-12-23/h2-14,21,24,29H,15-20H2,1H3. The lowest BCUT2D eigenvalue weighted by molar-refractivity contribution is -0.0275. The van der Waals surface area contributed by atoms with Crippen molar-refractivity contribution in [3.8, 4) is 22.4 Å². The molecule has 0 N–H and O–H groups in total. The maximum atomic E-state index is 6.94. The lowest BCUT2D eigenvalue weighted by Crippen LogP contribution is -2.35. The Hall–Kier alpha value is -3.21. The van der Waals surface area contributed by atoms with E-state index in [1.54, 1.807) is 0 Å². The normalized spacial score (nSPS) is 18.8. The number of ether oxygens (including phenoxy) is 1. The van der Waals surface area contributed by atoms with Crippen molar-refractivity contribution in [3.05, 3.63) is 102 Å². The van der Waals surface area contributed by atoms with E-state index in [9.17, 15) is 0 Å². The second-order valence-corrected chi connectivity index (χ2v) is 9.55. The van der Waals surface area contributed by atoms with Gasteiger partial charge in [0.05, 0.1) is 11.8 Å². The average molecular weight is 450 g/mol. The highest BCUT2D eigenvalue weighted by Gasteiger charge is 2.31. The van der Waals surface area contributed by atoms with Gasteiger partial charge in [0.15, 0.2) is 0 Å². The van der Waals surface area contributed by atoms with Gasteiger partial charge in [-0.05, 0) is 48.6 Å². The van der Waals surface area contributed by atoms with Crippen molar-refractivity contribution in [2.45, 2.75) is 38.0 Å². The van der Waals surface area contributed by atoms with Crippen LogP contribution in [-0.2, 0) is 17.7 Å². The van der Waals surface area contributed by atoms with Gasteiger partial charge in [-0.3, -0.25) is 0 Å². The fourth-order valence-electron chi connectivity index (χ4n) is 5.40. The van der Waals surface area contributed by atoms with Crippen molar-refractivity contribution in [1.29, 1.82) is 0 Å². The summed E-state index contributed by atoms with van der Waals surface area (Å²) in [6.45, 7) is 3.06. The molecule has 0 saturated carbocycles. The highest BCUT2D eigenvalue weighted by atomic mass is 16.5. The van der Waals surface area contributed by atoms with Crippen molar-refractivity contribution in [3.63, 3.8) is 0 Å². The molecule has 0 spiro atoms. The molecule has 3 heterocycles. The third kappa shape index (κ3) is 4.08. The summed E-state index contributed by atoms with van der Waals surface area (Å²) in [6.07, 6.45) is 5.39. The maximum Gasteiger partial charge on any atom is 0.143 e. The van der Waals surface area contributed by atoms with Crippen LogP contribution < -0.4 is 0 Å². The first kappa shape index (κ1) is 21.3. The molecule has 3 aromatic carbocycles. The molecule has 4 heteroatoms. The Labute approximate surface area is 201 Å². The van der Waals surface area contributed by atoms with Gasteiger partial charge in [0.1, 0.15) is 11.9 Å². The number of fused-ring (bicyclic) bond motifs is 2. The zero-order chi connectivity index (χ0) is 22.9. The highest BCUT2D eigenvalue weighted by Crippen LogP contribution is 2.39. The van der Waals surface area contributed by atoms with E-state index < -0.39 is 0 Å².